The highest BCUT2D eigenvalue weighted by molar-refractivity contribution is 5.76. The van der Waals surface area contributed by atoms with Crippen LogP contribution in [0, 0.1) is 0 Å². The lowest BCUT2D eigenvalue weighted by atomic mass is 9.96. The molecule has 0 saturated carbocycles. The number of allylic oxidation sites excluding steroid dienone is 17. The van der Waals surface area contributed by atoms with Gasteiger partial charge in [0.1, 0.15) is 73.2 Å². The maximum atomic E-state index is 13.3. The second-order valence-corrected chi connectivity index (χ2v) is 21.1. The summed E-state index contributed by atoms with van der Waals surface area (Å²) in [4.78, 5) is 13.3. The van der Waals surface area contributed by atoms with Crippen molar-refractivity contribution in [1.29, 1.82) is 0 Å². The molecule has 3 fully saturated rings. The van der Waals surface area contributed by atoms with Crippen LogP contribution in [-0.4, -0.2) is 193 Å². The minimum Gasteiger partial charge on any atom is -0.394 e. The van der Waals surface area contributed by atoms with Gasteiger partial charge in [0.25, 0.3) is 0 Å². The van der Waals surface area contributed by atoms with E-state index >= 15 is 0 Å². The molecule has 0 aromatic carbocycles. The summed E-state index contributed by atoms with van der Waals surface area (Å²) in [6.07, 6.45) is 31.1. The van der Waals surface area contributed by atoms with Gasteiger partial charge in [0, 0.05) is 6.42 Å². The Morgan fingerprint density at radius 3 is 1.37 bits per heavy atom. The van der Waals surface area contributed by atoms with E-state index in [1.165, 1.54) is 0 Å². The molecule has 0 spiro atoms. The van der Waals surface area contributed by atoms with Crippen LogP contribution in [0.15, 0.2) is 109 Å². The number of ether oxygens (including phenoxy) is 6. The van der Waals surface area contributed by atoms with E-state index in [2.05, 4.69) is 116 Å². The van der Waals surface area contributed by atoms with Crippen LogP contribution >= 0.6 is 0 Å². The third kappa shape index (κ3) is 28.1. The van der Waals surface area contributed by atoms with Crippen LogP contribution in [0.25, 0.3) is 0 Å². The zero-order chi connectivity index (χ0) is 59.7. The fraction of sp³-hybridized carbons (Fsp3) is 0.698. The molecule has 19 heteroatoms. The Bertz CT molecular complexity index is 1920. The van der Waals surface area contributed by atoms with Crippen molar-refractivity contribution < 1.29 is 89.4 Å². The number of carbonyl (C=O) groups excluding carboxylic acids is 1. The summed E-state index contributed by atoms with van der Waals surface area (Å²) in [5.41, 5.74) is 0. The maximum absolute atomic E-state index is 13.3. The van der Waals surface area contributed by atoms with Crippen LogP contribution in [-0.2, 0) is 33.2 Å². The van der Waals surface area contributed by atoms with Crippen molar-refractivity contribution in [2.45, 2.75) is 253 Å². The van der Waals surface area contributed by atoms with Gasteiger partial charge in [-0.1, -0.05) is 168 Å². The molecule has 3 rings (SSSR count). The van der Waals surface area contributed by atoms with Gasteiger partial charge in [-0.3, -0.25) is 4.79 Å². The maximum Gasteiger partial charge on any atom is 0.220 e. The van der Waals surface area contributed by atoms with E-state index in [9.17, 15) is 61.0 Å². The number of carbonyl (C=O) groups is 1. The Morgan fingerprint density at radius 2 is 0.854 bits per heavy atom. The average Bonchev–Trinajstić information content (AvgIpc) is 3.60. The number of unbranched alkanes of at least 4 members (excludes halogenated alkanes) is 10. The fourth-order valence-electron chi connectivity index (χ4n) is 9.35. The van der Waals surface area contributed by atoms with Gasteiger partial charge in [0.15, 0.2) is 18.9 Å². The highest BCUT2D eigenvalue weighted by Gasteiger charge is 2.53. The summed E-state index contributed by atoms with van der Waals surface area (Å²) >= 11 is 0. The topological polar surface area (TPSA) is 307 Å². The number of amides is 1. The number of aliphatic hydroxyl groups excluding tert-OH is 11. The molecule has 0 aromatic rings. The minimum atomic E-state index is -1.99. The van der Waals surface area contributed by atoms with Gasteiger partial charge in [-0.15, -0.1) is 0 Å². The van der Waals surface area contributed by atoms with Gasteiger partial charge < -0.3 is 89.9 Å². The third-order valence-electron chi connectivity index (χ3n) is 14.3. The Labute approximate surface area is 487 Å². The number of hydrogen-bond donors (Lipinski definition) is 12. The van der Waals surface area contributed by atoms with Gasteiger partial charge in [-0.05, 0) is 83.5 Å². The molecule has 0 aliphatic carbocycles. The SMILES string of the molecule is CC/C=C\C/C=C\C/C=C\C/C=C\C/C=C\C/C=C\C/C=C\CCCCCCCCCC(=O)NC(COC1OC(CO)C(OC2OC(CO)C(OC3OC(CO)C(O)C(O)C3O)C(O)C2O)C(O)C1O)C(O)/C=C/CC/C=C/CCCC. The number of nitrogens with one attached hydrogen (secondary N) is 1. The summed E-state index contributed by atoms with van der Waals surface area (Å²) < 4.78 is 34.1. The summed E-state index contributed by atoms with van der Waals surface area (Å²) in [7, 11) is 0. The van der Waals surface area contributed by atoms with Crippen molar-refractivity contribution in [2.75, 3.05) is 26.4 Å². The predicted molar refractivity (Wildman–Crippen MR) is 313 cm³/mol. The molecule has 82 heavy (non-hydrogen) atoms. The van der Waals surface area contributed by atoms with Crippen LogP contribution in [0.5, 0.6) is 0 Å². The molecule has 1 amide bonds. The lowest BCUT2D eigenvalue weighted by molar-refractivity contribution is -0.379. The molecule has 19 nitrogen and oxygen atoms in total. The van der Waals surface area contributed by atoms with E-state index in [-0.39, 0.29) is 18.9 Å². The summed E-state index contributed by atoms with van der Waals surface area (Å²) in [5, 5.41) is 120. The second-order valence-electron chi connectivity index (χ2n) is 21.1. The smallest absolute Gasteiger partial charge is 0.220 e. The largest absolute Gasteiger partial charge is 0.394 e. The van der Waals surface area contributed by atoms with Gasteiger partial charge in [-0.25, -0.2) is 0 Å². The van der Waals surface area contributed by atoms with Crippen LogP contribution in [0.2, 0.25) is 0 Å². The van der Waals surface area contributed by atoms with Crippen molar-refractivity contribution in [3.05, 3.63) is 109 Å². The molecule has 0 radical (unpaired) electrons. The van der Waals surface area contributed by atoms with Crippen LogP contribution in [0.3, 0.4) is 0 Å². The Morgan fingerprint density at radius 1 is 0.451 bits per heavy atom. The molecule has 17 unspecified atom stereocenters. The number of aliphatic hydroxyl groups is 11. The molecule has 3 heterocycles. The van der Waals surface area contributed by atoms with Gasteiger partial charge >= 0.3 is 0 Å². The van der Waals surface area contributed by atoms with Crippen molar-refractivity contribution >= 4 is 5.91 Å². The molecule has 0 aromatic heterocycles. The van der Waals surface area contributed by atoms with Gasteiger partial charge in [-0.2, -0.15) is 0 Å². The van der Waals surface area contributed by atoms with E-state index < -0.39 is 124 Å². The van der Waals surface area contributed by atoms with E-state index in [4.69, 9.17) is 28.4 Å². The molecule has 468 valence electrons. The van der Waals surface area contributed by atoms with Crippen molar-refractivity contribution in [1.82, 2.24) is 5.32 Å². The third-order valence-corrected chi connectivity index (χ3v) is 14.3. The first-order valence-corrected chi connectivity index (χ1v) is 30.1. The van der Waals surface area contributed by atoms with E-state index in [1.807, 2.05) is 0 Å². The molecule has 17 atom stereocenters. The lowest BCUT2D eigenvalue weighted by Crippen LogP contribution is -2.66. The first-order chi connectivity index (χ1) is 39.8. The van der Waals surface area contributed by atoms with Gasteiger partial charge in [0.2, 0.25) is 5.91 Å². The molecule has 3 saturated heterocycles. The second kappa shape index (κ2) is 44.9. The molecule has 3 aliphatic rings. The van der Waals surface area contributed by atoms with E-state index in [1.54, 1.807) is 12.2 Å². The van der Waals surface area contributed by atoms with Crippen LogP contribution < -0.4 is 5.32 Å². The molecule has 12 N–H and O–H groups in total. The normalized spacial score (nSPS) is 30.4. The summed E-state index contributed by atoms with van der Waals surface area (Å²) in [5.74, 6) is -0.308. The number of hydrogen-bond acceptors (Lipinski definition) is 18. The average molecular weight is 1160 g/mol. The zero-order valence-corrected chi connectivity index (χ0v) is 48.7. The van der Waals surface area contributed by atoms with Crippen molar-refractivity contribution in [3.63, 3.8) is 0 Å². The Hall–Kier alpha value is -3.55. The lowest BCUT2D eigenvalue weighted by Gasteiger charge is -2.48. The molecular weight excluding hydrogens is 1060 g/mol. The van der Waals surface area contributed by atoms with Crippen molar-refractivity contribution in [2.24, 2.45) is 0 Å². The van der Waals surface area contributed by atoms with E-state index in [0.29, 0.717) is 12.8 Å². The molecule has 3 aliphatic heterocycles. The standard InChI is InChI=1S/C63H103NO18/c1-3-5-7-9-11-13-14-15-16-17-18-19-20-21-22-23-24-25-26-27-28-29-30-31-32-33-35-37-39-41-51(69)64-46(47(68)40-38-36-34-12-10-8-6-4-2)45-77-61-57(75)54(72)59(49(43-66)79-61)82-63-58(76)55(73)60(50(44-67)80-63)81-62-56(74)53(71)52(70)48(42-65)78-62/h5,7,10-13,15-16,18-19,21-22,24-25,27-28,38,40,46-50,52-63,65-68,70-76H,3-4,6,8-9,14,17,20,23,26,29-37,39,41-45H2,1-2H3,(H,64,69)/b7-5-,12-10+,13-11-,16-15-,19-18-,22-21-,25-24-,28-27-,40-38+. The first kappa shape index (κ1) is 72.7. The fourth-order valence-corrected chi connectivity index (χ4v) is 9.35. The zero-order valence-electron chi connectivity index (χ0n) is 48.7. The monoisotopic (exact) mass is 1160 g/mol. The quantitative estimate of drug-likeness (QED) is 0.0264. The number of rotatable bonds is 42. The summed E-state index contributed by atoms with van der Waals surface area (Å²) in [6.45, 7) is 1.45. The predicted octanol–water partition coefficient (Wildman–Crippen LogP) is 5.53. The van der Waals surface area contributed by atoms with Crippen molar-refractivity contribution in [3.8, 4) is 0 Å². The Balaban J connectivity index is 1.41. The first-order valence-electron chi connectivity index (χ1n) is 30.1. The van der Waals surface area contributed by atoms with Crippen LogP contribution in [0.4, 0.5) is 0 Å². The minimum absolute atomic E-state index is 0.214. The summed E-state index contributed by atoms with van der Waals surface area (Å²) in [6, 6.07) is -1.00. The highest BCUT2D eigenvalue weighted by Crippen LogP contribution is 2.33. The molecule has 0 bridgehead atoms. The van der Waals surface area contributed by atoms with E-state index in [0.717, 1.165) is 116 Å². The highest BCUT2D eigenvalue weighted by atomic mass is 16.8. The van der Waals surface area contributed by atoms with Gasteiger partial charge in [0.05, 0.1) is 38.6 Å². The molecular formula is C63H103NO18. The van der Waals surface area contributed by atoms with Crippen LogP contribution in [0.1, 0.15) is 149 Å². The Kier molecular flexibility index (Phi) is 39.8.